The Morgan fingerprint density at radius 1 is 1.10 bits per heavy atom. The van der Waals surface area contributed by atoms with E-state index in [1.165, 1.54) is 51.4 Å². The third kappa shape index (κ3) is 6.02. The highest BCUT2D eigenvalue weighted by atomic mass is 35.5. The van der Waals surface area contributed by atoms with Gasteiger partial charge in [0.15, 0.2) is 6.10 Å². The summed E-state index contributed by atoms with van der Waals surface area (Å²) in [5, 5.41) is 7.39. The zero-order valence-electron chi connectivity index (χ0n) is 16.7. The zero-order chi connectivity index (χ0) is 23.6. The van der Waals surface area contributed by atoms with Crippen LogP contribution < -0.4 is 10.5 Å². The van der Waals surface area contributed by atoms with Gasteiger partial charge in [-0.25, -0.2) is 31.1 Å². The molecule has 31 heavy (non-hydrogen) atoms. The monoisotopic (exact) mass is 489 g/mol. The number of amides is 1. The first kappa shape index (κ1) is 24.8. The normalized spacial score (nSPS) is 13.0. The Balaban J connectivity index is 2.17. The fourth-order valence-corrected chi connectivity index (χ4v) is 4.25. The van der Waals surface area contributed by atoms with Gasteiger partial charge in [-0.05, 0) is 43.3 Å². The lowest BCUT2D eigenvalue weighted by molar-refractivity contribution is -0.123. The summed E-state index contributed by atoms with van der Waals surface area (Å²) >= 11 is 5.95. The topological polar surface area (TPSA) is 153 Å². The number of esters is 1. The molecule has 1 amide bonds. The Morgan fingerprint density at radius 3 is 2.32 bits per heavy atom. The predicted molar refractivity (Wildman–Crippen MR) is 114 cm³/mol. The Kier molecular flexibility index (Phi) is 7.44. The molecular formula is C18H20ClN3O7S2. The number of rotatable bonds is 7. The smallest absolute Gasteiger partial charge is 0.338 e. The van der Waals surface area contributed by atoms with E-state index in [-0.39, 0.29) is 26.1 Å². The molecule has 0 bridgehead atoms. The number of benzene rings is 2. The van der Waals surface area contributed by atoms with E-state index in [0.717, 1.165) is 16.4 Å². The van der Waals surface area contributed by atoms with Crippen molar-refractivity contribution in [2.24, 2.45) is 5.14 Å². The van der Waals surface area contributed by atoms with Gasteiger partial charge >= 0.3 is 5.97 Å². The van der Waals surface area contributed by atoms with E-state index in [1.807, 2.05) is 0 Å². The second-order valence-electron chi connectivity index (χ2n) is 6.54. The molecule has 10 nitrogen and oxygen atoms in total. The van der Waals surface area contributed by atoms with Crippen LogP contribution >= 0.6 is 11.6 Å². The van der Waals surface area contributed by atoms with Gasteiger partial charge in [0, 0.05) is 19.8 Å². The van der Waals surface area contributed by atoms with Crippen LogP contribution in [0.2, 0.25) is 5.02 Å². The number of carbonyl (C=O) groups excluding carboxylic acids is 2. The third-order valence-electron chi connectivity index (χ3n) is 4.01. The van der Waals surface area contributed by atoms with Gasteiger partial charge in [-0.3, -0.25) is 4.79 Å². The molecule has 0 saturated heterocycles. The molecule has 13 heteroatoms. The number of anilines is 1. The van der Waals surface area contributed by atoms with Crippen molar-refractivity contribution < 1.29 is 31.2 Å². The standard InChI is InChI=1S/C18H20ClN3O7S2/c1-11(17(23)21-13-5-4-6-14(10-13)30(20,25)26)29-18(24)12-7-8-15(19)16(9-12)31(27,28)22(2)3/h4-11H,1-3H3,(H,21,23)(H2,20,25,26). The van der Waals surface area contributed by atoms with Crippen LogP contribution in [0.15, 0.2) is 52.3 Å². The van der Waals surface area contributed by atoms with Crippen LogP contribution in [0.4, 0.5) is 5.69 Å². The Morgan fingerprint density at radius 2 is 1.74 bits per heavy atom. The number of carbonyl (C=O) groups is 2. The van der Waals surface area contributed by atoms with E-state index in [1.54, 1.807) is 0 Å². The first-order valence-electron chi connectivity index (χ1n) is 8.60. The number of nitrogens with one attached hydrogen (secondary N) is 1. The van der Waals surface area contributed by atoms with Gasteiger partial charge in [0.25, 0.3) is 5.91 Å². The average Bonchev–Trinajstić information content (AvgIpc) is 2.67. The fourth-order valence-electron chi connectivity index (χ4n) is 2.30. The molecule has 168 valence electrons. The Hall–Kier alpha value is -2.51. The van der Waals surface area contributed by atoms with Crippen LogP contribution in [0.5, 0.6) is 0 Å². The van der Waals surface area contributed by atoms with Crippen LogP contribution in [0.1, 0.15) is 17.3 Å². The molecule has 0 heterocycles. The quantitative estimate of drug-likeness (QED) is 0.557. The summed E-state index contributed by atoms with van der Waals surface area (Å²) in [5.41, 5.74) is 0.00553. The average molecular weight is 490 g/mol. The molecule has 2 aromatic rings. The van der Waals surface area contributed by atoms with Crippen LogP contribution in [0, 0.1) is 0 Å². The first-order valence-corrected chi connectivity index (χ1v) is 12.0. The molecule has 0 aliphatic heterocycles. The van der Waals surface area contributed by atoms with Gasteiger partial charge in [-0.15, -0.1) is 0 Å². The first-order chi connectivity index (χ1) is 14.2. The number of primary sulfonamides is 1. The highest BCUT2D eigenvalue weighted by Crippen LogP contribution is 2.25. The van der Waals surface area contributed by atoms with Crippen molar-refractivity contribution in [3.8, 4) is 0 Å². The van der Waals surface area contributed by atoms with Crippen molar-refractivity contribution >= 4 is 49.2 Å². The molecule has 0 spiro atoms. The molecule has 0 aromatic heterocycles. The predicted octanol–water partition coefficient (Wildman–Crippen LogP) is 1.42. The van der Waals surface area contributed by atoms with E-state index in [0.29, 0.717) is 0 Å². The SMILES string of the molecule is CC(OC(=O)c1ccc(Cl)c(S(=O)(=O)N(C)C)c1)C(=O)Nc1cccc(S(N)(=O)=O)c1. The summed E-state index contributed by atoms with van der Waals surface area (Å²) in [6.07, 6.45) is -1.28. The maximum absolute atomic E-state index is 12.4. The number of nitrogens with zero attached hydrogens (tertiary/aromatic N) is 1. The maximum atomic E-state index is 12.4. The summed E-state index contributed by atoms with van der Waals surface area (Å²) < 4.78 is 53.5. The van der Waals surface area contributed by atoms with Gasteiger partial charge in [0.2, 0.25) is 20.0 Å². The molecule has 1 unspecified atom stereocenters. The zero-order valence-corrected chi connectivity index (χ0v) is 19.1. The highest BCUT2D eigenvalue weighted by molar-refractivity contribution is 7.89. The Labute approximate surface area is 185 Å². The molecular weight excluding hydrogens is 470 g/mol. The molecule has 2 rings (SSSR count). The van der Waals surface area contributed by atoms with Crippen molar-refractivity contribution in [1.29, 1.82) is 0 Å². The molecule has 2 aromatic carbocycles. The van der Waals surface area contributed by atoms with Gasteiger partial charge < -0.3 is 10.1 Å². The molecule has 0 saturated carbocycles. The second-order valence-corrected chi connectivity index (χ2v) is 10.6. The van der Waals surface area contributed by atoms with Gasteiger partial charge in [-0.2, -0.15) is 0 Å². The van der Waals surface area contributed by atoms with Crippen LogP contribution in [-0.4, -0.2) is 53.2 Å². The molecule has 1 atom stereocenters. The van der Waals surface area contributed by atoms with Gasteiger partial charge in [-0.1, -0.05) is 17.7 Å². The van der Waals surface area contributed by atoms with Crippen molar-refractivity contribution in [3.05, 3.63) is 53.1 Å². The number of sulfonamides is 2. The lowest BCUT2D eigenvalue weighted by Gasteiger charge is -2.16. The van der Waals surface area contributed by atoms with Crippen molar-refractivity contribution in [1.82, 2.24) is 4.31 Å². The van der Waals surface area contributed by atoms with Crippen molar-refractivity contribution in [2.75, 3.05) is 19.4 Å². The minimum atomic E-state index is -3.96. The van der Waals surface area contributed by atoms with E-state index >= 15 is 0 Å². The number of hydrogen-bond donors (Lipinski definition) is 2. The van der Waals surface area contributed by atoms with Gasteiger partial charge in [0.05, 0.1) is 15.5 Å². The summed E-state index contributed by atoms with van der Waals surface area (Å²) in [4.78, 5) is 24.2. The highest BCUT2D eigenvalue weighted by Gasteiger charge is 2.25. The minimum absolute atomic E-state index is 0.0780. The summed E-state index contributed by atoms with van der Waals surface area (Å²) in [6, 6.07) is 8.77. The third-order valence-corrected chi connectivity index (χ3v) is 7.22. The van der Waals surface area contributed by atoms with E-state index in [4.69, 9.17) is 21.5 Å². The number of halogens is 1. The second kappa shape index (κ2) is 9.32. The number of hydrogen-bond acceptors (Lipinski definition) is 7. The molecule has 0 fully saturated rings. The Bertz CT molecular complexity index is 1230. The van der Waals surface area contributed by atoms with E-state index in [9.17, 15) is 26.4 Å². The molecule has 0 aliphatic rings. The maximum Gasteiger partial charge on any atom is 0.338 e. The molecule has 3 N–H and O–H groups in total. The van der Waals surface area contributed by atoms with Crippen LogP contribution in [0.25, 0.3) is 0 Å². The molecule has 0 radical (unpaired) electrons. The minimum Gasteiger partial charge on any atom is -0.449 e. The van der Waals surface area contributed by atoms with Crippen molar-refractivity contribution in [2.45, 2.75) is 22.8 Å². The summed E-state index contributed by atoms with van der Waals surface area (Å²) in [6.45, 7) is 1.30. The fraction of sp³-hybridized carbons (Fsp3) is 0.222. The summed E-state index contributed by atoms with van der Waals surface area (Å²) in [5.74, 6) is -1.69. The van der Waals surface area contributed by atoms with Gasteiger partial charge in [0.1, 0.15) is 4.90 Å². The molecule has 0 aliphatic carbocycles. The largest absolute Gasteiger partial charge is 0.449 e. The van der Waals surface area contributed by atoms with E-state index in [2.05, 4.69) is 5.32 Å². The number of ether oxygens (including phenoxy) is 1. The van der Waals surface area contributed by atoms with Crippen LogP contribution in [-0.2, 0) is 29.6 Å². The lowest BCUT2D eigenvalue weighted by Crippen LogP contribution is -2.30. The van der Waals surface area contributed by atoms with E-state index < -0.39 is 38.0 Å². The summed E-state index contributed by atoms with van der Waals surface area (Å²) in [7, 11) is -5.25. The van der Waals surface area contributed by atoms with Crippen molar-refractivity contribution in [3.63, 3.8) is 0 Å². The lowest BCUT2D eigenvalue weighted by atomic mass is 10.2. The van der Waals surface area contributed by atoms with Crippen LogP contribution in [0.3, 0.4) is 0 Å². The number of nitrogens with two attached hydrogens (primary N) is 1.